The van der Waals surface area contributed by atoms with Crippen LogP contribution in [0.1, 0.15) is 5.89 Å². The van der Waals surface area contributed by atoms with Crippen LogP contribution in [0, 0.1) is 6.92 Å². The Balaban J connectivity index is 2.50. The number of hydrogen-bond donors (Lipinski definition) is 1. The van der Waals surface area contributed by atoms with E-state index >= 15 is 0 Å². The molecule has 0 aliphatic carbocycles. The van der Waals surface area contributed by atoms with E-state index in [2.05, 4.69) is 17.6 Å². The zero-order chi connectivity index (χ0) is 11.0. The molecule has 0 saturated carbocycles. The Hall–Kier alpha value is -1.49. The molecule has 1 aromatic carbocycles. The number of anilines is 1. The van der Waals surface area contributed by atoms with E-state index in [1.807, 2.05) is 6.07 Å². The van der Waals surface area contributed by atoms with E-state index in [0.717, 1.165) is 11.2 Å². The second-order valence-electron chi connectivity index (χ2n) is 3.23. The van der Waals surface area contributed by atoms with Crippen molar-refractivity contribution in [2.24, 2.45) is 0 Å². The maximum atomic E-state index is 11.0. The zero-order valence-electron chi connectivity index (χ0n) is 8.39. The first-order valence-corrected chi connectivity index (χ1v) is 4.86. The minimum atomic E-state index is -0.314. The van der Waals surface area contributed by atoms with E-state index in [-0.39, 0.29) is 5.24 Å². The molecule has 1 aromatic heterocycles. The van der Waals surface area contributed by atoms with E-state index in [0.29, 0.717) is 11.5 Å². The van der Waals surface area contributed by atoms with E-state index in [4.69, 9.17) is 4.42 Å². The summed E-state index contributed by atoms with van der Waals surface area (Å²) >= 11 is 3.74. The number of carbonyl (C=O) groups excluding carboxylic acids is 1. The van der Waals surface area contributed by atoms with Gasteiger partial charge in [-0.3, -0.25) is 4.79 Å². The number of benzene rings is 1. The lowest BCUT2D eigenvalue weighted by Crippen LogP contribution is -2.19. The van der Waals surface area contributed by atoms with Crippen LogP contribution in [0.4, 0.5) is 10.5 Å². The van der Waals surface area contributed by atoms with Crippen molar-refractivity contribution in [3.63, 3.8) is 0 Å². The van der Waals surface area contributed by atoms with Gasteiger partial charge in [0.05, 0.1) is 0 Å². The molecule has 0 aliphatic heterocycles. The van der Waals surface area contributed by atoms with Crippen LogP contribution < -0.4 is 4.90 Å². The zero-order valence-corrected chi connectivity index (χ0v) is 9.28. The number of nitrogens with zero attached hydrogens (tertiary/aromatic N) is 2. The van der Waals surface area contributed by atoms with Crippen LogP contribution in [0.5, 0.6) is 0 Å². The fourth-order valence-electron chi connectivity index (χ4n) is 1.35. The summed E-state index contributed by atoms with van der Waals surface area (Å²) in [6, 6.07) is 5.39. The summed E-state index contributed by atoms with van der Waals surface area (Å²) in [5, 5.41) is -0.314. The van der Waals surface area contributed by atoms with Crippen molar-refractivity contribution in [1.82, 2.24) is 4.98 Å². The number of oxazole rings is 1. The molecule has 2 rings (SSSR count). The van der Waals surface area contributed by atoms with Crippen molar-refractivity contribution >= 4 is 34.7 Å². The highest BCUT2D eigenvalue weighted by atomic mass is 32.1. The lowest BCUT2D eigenvalue weighted by Gasteiger charge is -2.13. The molecule has 0 radical (unpaired) electrons. The summed E-state index contributed by atoms with van der Waals surface area (Å²) in [6.07, 6.45) is 0. The van der Waals surface area contributed by atoms with Crippen LogP contribution in [-0.2, 0) is 0 Å². The molecule has 0 aliphatic rings. The molecule has 78 valence electrons. The predicted octanol–water partition coefficient (Wildman–Crippen LogP) is 2.62. The smallest absolute Gasteiger partial charge is 0.282 e. The third-order valence-corrected chi connectivity index (χ3v) is 2.45. The monoisotopic (exact) mass is 222 g/mol. The number of fused-ring (bicyclic) bond motifs is 1. The highest BCUT2D eigenvalue weighted by Crippen LogP contribution is 2.22. The second kappa shape index (κ2) is 3.58. The molecular formula is C10H10N2O2S. The first-order chi connectivity index (χ1) is 7.08. The number of hydrogen-bond acceptors (Lipinski definition) is 3. The number of thiol groups is 1. The van der Waals surface area contributed by atoms with E-state index < -0.39 is 0 Å². The molecular weight excluding hydrogens is 212 g/mol. The molecule has 1 heterocycles. The largest absolute Gasteiger partial charge is 0.441 e. The number of rotatable bonds is 1. The molecule has 1 amide bonds. The van der Waals surface area contributed by atoms with Gasteiger partial charge in [-0.25, -0.2) is 4.98 Å². The van der Waals surface area contributed by atoms with Crippen molar-refractivity contribution in [1.29, 1.82) is 0 Å². The molecule has 0 spiro atoms. The highest BCUT2D eigenvalue weighted by molar-refractivity contribution is 7.96. The number of aryl methyl sites for hydroxylation is 1. The van der Waals surface area contributed by atoms with Crippen LogP contribution in [0.3, 0.4) is 0 Å². The van der Waals surface area contributed by atoms with Gasteiger partial charge in [-0.2, -0.15) is 0 Å². The minimum absolute atomic E-state index is 0.314. The van der Waals surface area contributed by atoms with Gasteiger partial charge in [-0.05, 0) is 12.1 Å². The van der Waals surface area contributed by atoms with Gasteiger partial charge < -0.3 is 9.32 Å². The summed E-state index contributed by atoms with van der Waals surface area (Å²) in [6.45, 7) is 1.78. The second-order valence-corrected chi connectivity index (χ2v) is 3.61. The maximum Gasteiger partial charge on any atom is 0.282 e. The van der Waals surface area contributed by atoms with Gasteiger partial charge in [0.2, 0.25) is 0 Å². The Labute approximate surface area is 92.3 Å². The van der Waals surface area contributed by atoms with Gasteiger partial charge in [0.1, 0.15) is 5.52 Å². The van der Waals surface area contributed by atoms with Crippen LogP contribution in [0.15, 0.2) is 22.6 Å². The van der Waals surface area contributed by atoms with Gasteiger partial charge in [-0.1, -0.05) is 12.6 Å². The van der Waals surface area contributed by atoms with Crippen molar-refractivity contribution in [3.8, 4) is 0 Å². The van der Waals surface area contributed by atoms with Gasteiger partial charge in [0.25, 0.3) is 5.24 Å². The van der Waals surface area contributed by atoms with Crippen molar-refractivity contribution in [2.45, 2.75) is 6.92 Å². The Morgan fingerprint density at radius 3 is 2.93 bits per heavy atom. The van der Waals surface area contributed by atoms with Crippen molar-refractivity contribution < 1.29 is 9.21 Å². The fourth-order valence-corrected chi connectivity index (χ4v) is 1.46. The predicted molar refractivity (Wildman–Crippen MR) is 61.5 cm³/mol. The highest BCUT2D eigenvalue weighted by Gasteiger charge is 2.09. The molecule has 15 heavy (non-hydrogen) atoms. The molecule has 2 aromatic rings. The molecule has 0 N–H and O–H groups in total. The third-order valence-electron chi connectivity index (χ3n) is 2.15. The third kappa shape index (κ3) is 1.83. The SMILES string of the molecule is Cc1nc2ccc(N(C)C(=O)S)cc2o1. The Morgan fingerprint density at radius 1 is 1.53 bits per heavy atom. The molecule has 0 unspecified atom stereocenters. The Morgan fingerprint density at radius 2 is 2.27 bits per heavy atom. The van der Waals surface area contributed by atoms with E-state index in [9.17, 15) is 4.79 Å². The number of amides is 1. The van der Waals surface area contributed by atoms with Gasteiger partial charge >= 0.3 is 0 Å². The summed E-state index contributed by atoms with van der Waals surface area (Å²) < 4.78 is 5.36. The average molecular weight is 222 g/mol. The number of carbonyl (C=O) groups is 1. The number of aromatic nitrogens is 1. The van der Waals surface area contributed by atoms with Gasteiger partial charge in [-0.15, -0.1) is 0 Å². The summed E-state index contributed by atoms with van der Waals surface area (Å²) in [5.41, 5.74) is 2.20. The average Bonchev–Trinajstić information content (AvgIpc) is 2.55. The van der Waals surface area contributed by atoms with Crippen molar-refractivity contribution in [3.05, 3.63) is 24.1 Å². The van der Waals surface area contributed by atoms with Crippen molar-refractivity contribution in [2.75, 3.05) is 11.9 Å². The Kier molecular flexibility index (Phi) is 2.40. The lowest BCUT2D eigenvalue weighted by atomic mass is 10.3. The minimum Gasteiger partial charge on any atom is -0.441 e. The quantitative estimate of drug-likeness (QED) is 0.754. The van der Waals surface area contributed by atoms with Crippen LogP contribution in [0.25, 0.3) is 11.1 Å². The molecule has 0 saturated heterocycles. The molecule has 0 bridgehead atoms. The van der Waals surface area contributed by atoms with Gasteiger partial charge in [0, 0.05) is 25.7 Å². The molecule has 0 atom stereocenters. The van der Waals surface area contributed by atoms with E-state index in [1.165, 1.54) is 4.90 Å². The van der Waals surface area contributed by atoms with Gasteiger partial charge in [0.15, 0.2) is 11.5 Å². The topological polar surface area (TPSA) is 46.3 Å². The summed E-state index contributed by atoms with van der Waals surface area (Å²) in [7, 11) is 1.65. The standard InChI is InChI=1S/C10H10N2O2S/c1-6-11-8-4-3-7(5-9(8)14-6)12(2)10(13)15/h3-5H,1-2H3,(H,13,15). The Bertz CT molecular complexity index is 521. The van der Waals surface area contributed by atoms with Crippen LogP contribution in [0.2, 0.25) is 0 Å². The maximum absolute atomic E-state index is 11.0. The first kappa shape index (κ1) is 10.0. The fraction of sp³-hybridized carbons (Fsp3) is 0.200. The first-order valence-electron chi connectivity index (χ1n) is 4.42. The normalized spacial score (nSPS) is 10.6. The lowest BCUT2D eigenvalue weighted by molar-refractivity contribution is 0.266. The molecule has 5 heteroatoms. The molecule has 0 fully saturated rings. The van der Waals surface area contributed by atoms with E-state index in [1.54, 1.807) is 26.1 Å². The van der Waals surface area contributed by atoms with Crippen LogP contribution >= 0.6 is 12.6 Å². The summed E-state index contributed by atoms with van der Waals surface area (Å²) in [4.78, 5) is 16.6. The molecule has 4 nitrogen and oxygen atoms in total. The van der Waals surface area contributed by atoms with Crippen LogP contribution in [-0.4, -0.2) is 17.3 Å². The summed E-state index contributed by atoms with van der Waals surface area (Å²) in [5.74, 6) is 0.613.